The molecule has 3 N–H and O–H groups in total. The molecule has 0 saturated heterocycles. The smallest absolute Gasteiger partial charge is 0.271 e. The monoisotopic (exact) mass is 313 g/mol. The summed E-state index contributed by atoms with van der Waals surface area (Å²) in [7, 11) is -3.71. The van der Waals surface area contributed by atoms with Crippen LogP contribution in [0.2, 0.25) is 4.34 Å². The van der Waals surface area contributed by atoms with E-state index in [2.05, 4.69) is 4.72 Å². The molecule has 0 spiro atoms. The van der Waals surface area contributed by atoms with Crippen LogP contribution < -0.4 is 10.5 Å². The van der Waals surface area contributed by atoms with Gasteiger partial charge in [0.1, 0.15) is 4.21 Å². The fraction of sp³-hybridized carbons (Fsp3) is 0. The Bertz CT molecular complexity index is 762. The van der Waals surface area contributed by atoms with Crippen molar-refractivity contribution in [1.29, 1.82) is 5.26 Å². The van der Waals surface area contributed by atoms with Crippen LogP contribution in [-0.2, 0) is 10.0 Å². The van der Waals surface area contributed by atoms with Crippen molar-refractivity contribution in [1.82, 2.24) is 0 Å². The number of benzene rings is 1. The second-order valence-electron chi connectivity index (χ2n) is 3.58. The lowest BCUT2D eigenvalue weighted by molar-refractivity contribution is 0.603. The largest absolute Gasteiger partial charge is 0.397 e. The number of nitrogens with zero attached hydrogens (tertiary/aromatic N) is 1. The van der Waals surface area contributed by atoms with Crippen LogP contribution in [0.3, 0.4) is 0 Å². The molecule has 19 heavy (non-hydrogen) atoms. The zero-order valence-electron chi connectivity index (χ0n) is 9.42. The van der Waals surface area contributed by atoms with Crippen molar-refractivity contribution in [2.45, 2.75) is 4.21 Å². The highest BCUT2D eigenvalue weighted by Crippen LogP contribution is 2.29. The van der Waals surface area contributed by atoms with Crippen LogP contribution in [0.5, 0.6) is 0 Å². The van der Waals surface area contributed by atoms with Gasteiger partial charge in [0.2, 0.25) is 0 Å². The van der Waals surface area contributed by atoms with Gasteiger partial charge in [-0.25, -0.2) is 8.42 Å². The molecular weight excluding hydrogens is 306 g/mol. The first-order chi connectivity index (χ1) is 8.92. The third-order valence-corrected chi connectivity index (χ3v) is 5.33. The van der Waals surface area contributed by atoms with Gasteiger partial charge in [-0.1, -0.05) is 11.6 Å². The maximum Gasteiger partial charge on any atom is 0.271 e. The number of thiophene rings is 1. The maximum atomic E-state index is 12.0. The number of halogens is 1. The average molecular weight is 314 g/mol. The minimum Gasteiger partial charge on any atom is -0.397 e. The molecule has 0 aliphatic heterocycles. The number of nitrogens with two attached hydrogens (primary N) is 1. The molecule has 0 amide bonds. The van der Waals surface area contributed by atoms with Gasteiger partial charge in [-0.3, -0.25) is 4.72 Å². The zero-order valence-corrected chi connectivity index (χ0v) is 11.8. The van der Waals surface area contributed by atoms with Crippen LogP contribution in [0, 0.1) is 11.3 Å². The Labute approximate surface area is 119 Å². The Morgan fingerprint density at radius 2 is 2.05 bits per heavy atom. The van der Waals surface area contributed by atoms with E-state index < -0.39 is 10.0 Å². The van der Waals surface area contributed by atoms with Crippen LogP contribution in [0.15, 0.2) is 34.5 Å². The van der Waals surface area contributed by atoms with E-state index in [4.69, 9.17) is 22.6 Å². The molecule has 0 aliphatic rings. The SMILES string of the molecule is N#Cc1ccc(NS(=O)(=O)c2ccc(Cl)s2)c(N)c1. The topological polar surface area (TPSA) is 96.0 Å². The highest BCUT2D eigenvalue weighted by molar-refractivity contribution is 7.94. The molecule has 98 valence electrons. The number of hydrogen-bond acceptors (Lipinski definition) is 5. The molecule has 8 heteroatoms. The molecule has 0 radical (unpaired) electrons. The number of nitrogen functional groups attached to an aromatic ring is 1. The molecule has 0 atom stereocenters. The van der Waals surface area contributed by atoms with Gasteiger partial charge in [-0.15, -0.1) is 11.3 Å². The Kier molecular flexibility index (Phi) is 3.66. The van der Waals surface area contributed by atoms with Gasteiger partial charge in [0.05, 0.1) is 27.3 Å². The first-order valence-electron chi connectivity index (χ1n) is 5.00. The van der Waals surface area contributed by atoms with Crippen molar-refractivity contribution >= 4 is 44.3 Å². The molecule has 0 saturated carbocycles. The third-order valence-electron chi connectivity index (χ3n) is 2.24. The van der Waals surface area contributed by atoms with Crippen molar-refractivity contribution < 1.29 is 8.42 Å². The molecule has 5 nitrogen and oxygen atoms in total. The average Bonchev–Trinajstić information content (AvgIpc) is 2.79. The van der Waals surface area contributed by atoms with Crippen molar-refractivity contribution in [3.63, 3.8) is 0 Å². The summed E-state index contributed by atoms with van der Waals surface area (Å²) in [5, 5.41) is 8.71. The lowest BCUT2D eigenvalue weighted by Gasteiger charge is -2.08. The molecule has 1 heterocycles. The van der Waals surface area contributed by atoms with Gasteiger partial charge >= 0.3 is 0 Å². The van der Waals surface area contributed by atoms with Crippen molar-refractivity contribution in [3.05, 3.63) is 40.2 Å². The van der Waals surface area contributed by atoms with Gasteiger partial charge in [0.25, 0.3) is 10.0 Å². The summed E-state index contributed by atoms with van der Waals surface area (Å²) < 4.78 is 26.9. The standard InChI is InChI=1S/C11H8ClN3O2S2/c12-10-3-4-11(18-10)19(16,17)15-9-2-1-7(6-13)5-8(9)14/h1-5,15H,14H2. The minimum absolute atomic E-state index is 0.0984. The summed E-state index contributed by atoms with van der Waals surface area (Å²) >= 11 is 6.66. The van der Waals surface area contributed by atoms with E-state index >= 15 is 0 Å². The predicted molar refractivity (Wildman–Crippen MR) is 75.7 cm³/mol. The third kappa shape index (κ3) is 2.98. The fourth-order valence-corrected chi connectivity index (χ4v) is 3.93. The highest BCUT2D eigenvalue weighted by Gasteiger charge is 2.17. The van der Waals surface area contributed by atoms with E-state index in [9.17, 15) is 8.42 Å². The quantitative estimate of drug-likeness (QED) is 0.851. The van der Waals surface area contributed by atoms with Gasteiger partial charge in [0, 0.05) is 0 Å². The van der Waals surface area contributed by atoms with Gasteiger partial charge in [-0.2, -0.15) is 5.26 Å². The summed E-state index contributed by atoms with van der Waals surface area (Å²) in [5.41, 5.74) is 6.46. The number of hydrogen-bond donors (Lipinski definition) is 2. The normalized spacial score (nSPS) is 10.9. The number of nitrogens with one attached hydrogen (secondary N) is 1. The van der Waals surface area contributed by atoms with Gasteiger partial charge in [-0.05, 0) is 30.3 Å². The van der Waals surface area contributed by atoms with E-state index in [1.165, 1.54) is 30.3 Å². The molecule has 0 bridgehead atoms. The highest BCUT2D eigenvalue weighted by atomic mass is 35.5. The van der Waals surface area contributed by atoms with Crippen LogP contribution in [0.25, 0.3) is 0 Å². The Morgan fingerprint density at radius 1 is 1.32 bits per heavy atom. The van der Waals surface area contributed by atoms with Crippen LogP contribution in [-0.4, -0.2) is 8.42 Å². The summed E-state index contributed by atoms with van der Waals surface area (Å²) in [6.45, 7) is 0. The molecule has 0 fully saturated rings. The molecule has 2 rings (SSSR count). The van der Waals surface area contributed by atoms with Crippen LogP contribution >= 0.6 is 22.9 Å². The number of sulfonamides is 1. The first-order valence-corrected chi connectivity index (χ1v) is 7.68. The fourth-order valence-electron chi connectivity index (χ4n) is 1.36. The van der Waals surface area contributed by atoms with Crippen LogP contribution in [0.4, 0.5) is 11.4 Å². The maximum absolute atomic E-state index is 12.0. The molecule has 2 aromatic rings. The molecule has 0 unspecified atom stereocenters. The molecular formula is C11H8ClN3O2S2. The summed E-state index contributed by atoms with van der Waals surface area (Å²) in [6.07, 6.45) is 0. The minimum atomic E-state index is -3.71. The molecule has 0 aliphatic carbocycles. The van der Waals surface area contributed by atoms with E-state index in [-0.39, 0.29) is 15.6 Å². The number of rotatable bonds is 3. The predicted octanol–water partition coefficient (Wildman–Crippen LogP) is 2.66. The van der Waals surface area contributed by atoms with Crippen LogP contribution in [0.1, 0.15) is 5.56 Å². The Hall–Kier alpha value is -1.75. The first kappa shape index (κ1) is 13.7. The summed E-state index contributed by atoms with van der Waals surface area (Å²) in [5.74, 6) is 0. The van der Waals surface area contributed by atoms with E-state index in [0.29, 0.717) is 9.90 Å². The van der Waals surface area contributed by atoms with Gasteiger partial charge in [0.15, 0.2) is 0 Å². The van der Waals surface area contributed by atoms with Crippen molar-refractivity contribution in [2.24, 2.45) is 0 Å². The molecule has 1 aromatic heterocycles. The second-order valence-corrected chi connectivity index (χ2v) is 7.20. The lowest BCUT2D eigenvalue weighted by Crippen LogP contribution is -2.12. The van der Waals surface area contributed by atoms with E-state index in [0.717, 1.165) is 11.3 Å². The summed E-state index contributed by atoms with van der Waals surface area (Å²) in [6, 6.07) is 9.16. The number of nitriles is 1. The van der Waals surface area contributed by atoms with Crippen molar-refractivity contribution in [2.75, 3.05) is 10.5 Å². The summed E-state index contributed by atoms with van der Waals surface area (Å²) in [4.78, 5) is 0. The lowest BCUT2D eigenvalue weighted by atomic mass is 10.2. The van der Waals surface area contributed by atoms with E-state index in [1.54, 1.807) is 0 Å². The Balaban J connectivity index is 2.34. The Morgan fingerprint density at radius 3 is 2.58 bits per heavy atom. The van der Waals surface area contributed by atoms with Gasteiger partial charge < -0.3 is 5.73 Å². The number of anilines is 2. The second kappa shape index (κ2) is 5.09. The zero-order chi connectivity index (χ0) is 14.0. The molecule has 1 aromatic carbocycles. The van der Waals surface area contributed by atoms with Crippen molar-refractivity contribution in [3.8, 4) is 6.07 Å². The van der Waals surface area contributed by atoms with E-state index in [1.807, 2.05) is 6.07 Å².